The van der Waals surface area contributed by atoms with Gasteiger partial charge >= 0.3 is 0 Å². The molecular formula is C24H48N8O2. The number of aliphatic hydroxyl groups is 2. The zero-order valence-electron chi connectivity index (χ0n) is 22.5. The van der Waals surface area contributed by atoms with Crippen molar-refractivity contribution < 1.29 is 10.2 Å². The molecule has 4 rings (SSSR count). The van der Waals surface area contributed by atoms with Crippen molar-refractivity contribution in [3.8, 4) is 0 Å². The summed E-state index contributed by atoms with van der Waals surface area (Å²) in [6.45, 7) is 15.4. The van der Waals surface area contributed by atoms with E-state index in [2.05, 4.69) is 48.1 Å². The van der Waals surface area contributed by atoms with Crippen LogP contribution in [0.2, 0.25) is 0 Å². The topological polar surface area (TPSA) is 103 Å². The van der Waals surface area contributed by atoms with Crippen molar-refractivity contribution >= 4 is 24.9 Å². The molecule has 0 spiro atoms. The molecule has 0 amide bonds. The number of hydrazone groups is 4. The molecule has 0 bridgehead atoms. The van der Waals surface area contributed by atoms with Crippen molar-refractivity contribution in [3.05, 3.63) is 0 Å². The number of nitrogens with zero attached hydrogens (tertiary/aromatic N) is 8. The summed E-state index contributed by atoms with van der Waals surface area (Å²) in [7, 11) is 3.98. The Morgan fingerprint density at radius 1 is 0.765 bits per heavy atom. The van der Waals surface area contributed by atoms with E-state index in [1.54, 1.807) is 13.8 Å². The number of β-amino-alcohol motifs (C(OH)–C–C–N with tert-alkyl or cyclic N) is 2. The lowest BCUT2D eigenvalue weighted by atomic mass is 10.2. The summed E-state index contributed by atoms with van der Waals surface area (Å²) in [6.07, 6.45) is 9.30. The lowest BCUT2D eigenvalue weighted by Gasteiger charge is -2.21. The standard InChI is InChI=1S/2C7H14N2O.2C5H10N2/c1-6-3-8-9(4-6)5-7(2)10;1-6-3-4-8-9(6)5-7(2)10;1-5-3-6-7(2)4-5;1-5-3-4-6-7(5)2/h3,6-7,10H,4-5H2,1-2H3;4,6-7,10H,3,5H2,1-2H3;3,5H,4H2,1-2H3;4-5H,3H2,1-2H3/t2*6-,7+;2*5-/m0000/s1. The lowest BCUT2D eigenvalue weighted by Crippen LogP contribution is -2.30. The predicted molar refractivity (Wildman–Crippen MR) is 142 cm³/mol. The van der Waals surface area contributed by atoms with Gasteiger partial charge < -0.3 is 10.2 Å². The first-order valence-electron chi connectivity index (χ1n) is 12.4. The van der Waals surface area contributed by atoms with Crippen LogP contribution in [0.5, 0.6) is 0 Å². The quantitative estimate of drug-likeness (QED) is 0.638. The van der Waals surface area contributed by atoms with Gasteiger partial charge in [0.2, 0.25) is 0 Å². The van der Waals surface area contributed by atoms with Crippen LogP contribution in [0.4, 0.5) is 0 Å². The predicted octanol–water partition coefficient (Wildman–Crippen LogP) is 2.00. The van der Waals surface area contributed by atoms with Crippen molar-refractivity contribution in [2.24, 2.45) is 32.2 Å². The molecule has 0 saturated carbocycles. The van der Waals surface area contributed by atoms with E-state index in [9.17, 15) is 0 Å². The van der Waals surface area contributed by atoms with Gasteiger partial charge in [-0.15, -0.1) is 0 Å². The third-order valence-electron chi connectivity index (χ3n) is 5.51. The summed E-state index contributed by atoms with van der Waals surface area (Å²) >= 11 is 0. The van der Waals surface area contributed by atoms with Gasteiger partial charge in [-0.25, -0.2) is 0 Å². The van der Waals surface area contributed by atoms with Crippen molar-refractivity contribution in [3.63, 3.8) is 0 Å². The van der Waals surface area contributed by atoms with E-state index in [1.807, 2.05) is 59.0 Å². The van der Waals surface area contributed by atoms with Gasteiger partial charge in [-0.2, -0.15) is 20.4 Å². The van der Waals surface area contributed by atoms with E-state index >= 15 is 0 Å². The zero-order valence-corrected chi connectivity index (χ0v) is 22.5. The molecule has 0 aromatic carbocycles. The minimum atomic E-state index is -0.280. The van der Waals surface area contributed by atoms with Gasteiger partial charge in [-0.1, -0.05) is 13.8 Å². The molecule has 2 N–H and O–H groups in total. The Hall–Kier alpha value is -2.20. The Labute approximate surface area is 206 Å². The fourth-order valence-corrected chi connectivity index (χ4v) is 3.43. The number of hydrogen-bond acceptors (Lipinski definition) is 10. The number of rotatable bonds is 4. The first kappa shape index (κ1) is 29.8. The van der Waals surface area contributed by atoms with E-state index in [0.29, 0.717) is 37.0 Å². The largest absolute Gasteiger partial charge is 0.392 e. The molecule has 4 aliphatic rings. The molecule has 6 atom stereocenters. The summed E-state index contributed by atoms with van der Waals surface area (Å²) in [4.78, 5) is 0. The number of aliphatic hydroxyl groups excluding tert-OH is 2. The van der Waals surface area contributed by atoms with Crippen LogP contribution in [0, 0.1) is 11.8 Å². The van der Waals surface area contributed by atoms with E-state index in [-0.39, 0.29) is 12.2 Å². The van der Waals surface area contributed by atoms with Gasteiger partial charge in [0.1, 0.15) is 0 Å². The van der Waals surface area contributed by atoms with Gasteiger partial charge in [-0.3, -0.25) is 20.0 Å². The van der Waals surface area contributed by atoms with Crippen molar-refractivity contribution in [1.82, 2.24) is 20.0 Å². The van der Waals surface area contributed by atoms with E-state index in [4.69, 9.17) is 10.2 Å². The normalized spacial score (nSPS) is 28.3. The fourth-order valence-electron chi connectivity index (χ4n) is 3.43. The Kier molecular flexibility index (Phi) is 13.7. The highest BCUT2D eigenvalue weighted by atomic mass is 16.3. The van der Waals surface area contributed by atoms with E-state index in [1.165, 1.54) is 0 Å². The smallest absolute Gasteiger partial charge is 0.0703 e. The average molecular weight is 481 g/mol. The third-order valence-corrected chi connectivity index (χ3v) is 5.51. The zero-order chi connectivity index (χ0) is 25.7. The molecule has 10 nitrogen and oxygen atoms in total. The molecule has 0 saturated heterocycles. The highest BCUT2D eigenvalue weighted by molar-refractivity contribution is 5.62. The molecule has 0 aliphatic carbocycles. The second-order valence-electron chi connectivity index (χ2n) is 9.85. The second kappa shape index (κ2) is 15.7. The summed E-state index contributed by atoms with van der Waals surface area (Å²) in [5.74, 6) is 1.20. The van der Waals surface area contributed by atoms with Crippen LogP contribution in [0.25, 0.3) is 0 Å². The van der Waals surface area contributed by atoms with Crippen LogP contribution in [0.1, 0.15) is 54.4 Å². The maximum absolute atomic E-state index is 9.02. The molecule has 4 aliphatic heterocycles. The molecule has 34 heavy (non-hydrogen) atoms. The van der Waals surface area contributed by atoms with Crippen molar-refractivity contribution in [2.45, 2.75) is 78.7 Å². The summed E-state index contributed by atoms with van der Waals surface area (Å²) < 4.78 is 0. The Bertz CT molecular complexity index is 657. The molecule has 4 heterocycles. The van der Waals surface area contributed by atoms with E-state index in [0.717, 1.165) is 25.9 Å². The summed E-state index contributed by atoms with van der Waals surface area (Å²) in [5.41, 5.74) is 0. The highest BCUT2D eigenvalue weighted by Crippen LogP contribution is 2.10. The van der Waals surface area contributed by atoms with Gasteiger partial charge in [0.05, 0.1) is 25.3 Å². The maximum atomic E-state index is 9.02. The number of hydrogen-bond donors (Lipinski definition) is 2. The molecule has 0 fully saturated rings. The monoisotopic (exact) mass is 480 g/mol. The van der Waals surface area contributed by atoms with Crippen LogP contribution in [-0.2, 0) is 0 Å². The van der Waals surface area contributed by atoms with Gasteiger partial charge in [0.25, 0.3) is 0 Å². The van der Waals surface area contributed by atoms with Gasteiger partial charge in [0, 0.05) is 88.8 Å². The first-order chi connectivity index (χ1) is 16.0. The third kappa shape index (κ3) is 12.9. The van der Waals surface area contributed by atoms with Crippen LogP contribution in [0.15, 0.2) is 20.4 Å². The molecular weight excluding hydrogens is 432 g/mol. The van der Waals surface area contributed by atoms with E-state index < -0.39 is 0 Å². The second-order valence-corrected chi connectivity index (χ2v) is 9.85. The van der Waals surface area contributed by atoms with Crippen LogP contribution >= 0.6 is 0 Å². The maximum Gasteiger partial charge on any atom is 0.0703 e. The molecule has 0 aromatic heterocycles. The van der Waals surface area contributed by atoms with Crippen molar-refractivity contribution in [1.29, 1.82) is 0 Å². The van der Waals surface area contributed by atoms with Crippen molar-refractivity contribution in [2.75, 3.05) is 40.3 Å². The van der Waals surface area contributed by atoms with Gasteiger partial charge in [0.15, 0.2) is 0 Å². The highest BCUT2D eigenvalue weighted by Gasteiger charge is 2.16. The molecule has 0 radical (unpaired) electrons. The molecule has 0 aromatic rings. The minimum Gasteiger partial charge on any atom is -0.392 e. The SMILES string of the molecule is C[C@@H](O)CN1C[C@@H](C)C=N1.C[C@@H](O)CN1N=CC[C@@H]1C.C[C@H]1C=NN(C)C1.C[C@H]1CC=NN1C. The first-order valence-corrected chi connectivity index (χ1v) is 12.4. The molecule has 10 heteroatoms. The fraction of sp³-hybridized carbons (Fsp3) is 0.833. The molecule has 0 unspecified atom stereocenters. The lowest BCUT2D eigenvalue weighted by molar-refractivity contribution is 0.115. The Morgan fingerprint density at radius 3 is 1.62 bits per heavy atom. The molecule has 196 valence electrons. The average Bonchev–Trinajstić information content (AvgIpc) is 3.51. The van der Waals surface area contributed by atoms with Gasteiger partial charge in [-0.05, 0) is 27.7 Å². The van der Waals surface area contributed by atoms with Crippen LogP contribution in [0.3, 0.4) is 0 Å². The van der Waals surface area contributed by atoms with Crippen LogP contribution < -0.4 is 0 Å². The minimum absolute atomic E-state index is 0.276. The Balaban J connectivity index is 0.000000230. The summed E-state index contributed by atoms with van der Waals surface area (Å²) in [6, 6.07) is 1.09. The van der Waals surface area contributed by atoms with Crippen LogP contribution in [-0.4, -0.2) is 120 Å². The summed E-state index contributed by atoms with van der Waals surface area (Å²) in [5, 5.41) is 42.0. The Morgan fingerprint density at radius 2 is 1.32 bits per heavy atom.